The van der Waals surface area contributed by atoms with E-state index in [4.69, 9.17) is 0 Å². The van der Waals surface area contributed by atoms with E-state index >= 15 is 0 Å². The highest BCUT2D eigenvalue weighted by Crippen LogP contribution is 2.38. The number of rotatable bonds is 5. The van der Waals surface area contributed by atoms with Crippen LogP contribution in [0.3, 0.4) is 0 Å². The Morgan fingerprint density at radius 3 is 2.93 bits per heavy atom. The first-order valence-electron chi connectivity index (χ1n) is 9.61. The number of amides is 1. The van der Waals surface area contributed by atoms with Gasteiger partial charge in [0.05, 0.1) is 11.9 Å². The van der Waals surface area contributed by atoms with Gasteiger partial charge in [-0.2, -0.15) is 16.9 Å². The van der Waals surface area contributed by atoms with Crippen molar-refractivity contribution in [3.63, 3.8) is 0 Å². The lowest BCUT2D eigenvalue weighted by molar-refractivity contribution is -0.130. The van der Waals surface area contributed by atoms with Crippen molar-refractivity contribution in [2.24, 2.45) is 0 Å². The van der Waals surface area contributed by atoms with Crippen molar-refractivity contribution in [1.82, 2.24) is 19.7 Å². The van der Waals surface area contributed by atoms with Gasteiger partial charge in [0.1, 0.15) is 6.04 Å². The third kappa shape index (κ3) is 3.27. The van der Waals surface area contributed by atoms with Crippen molar-refractivity contribution in [3.8, 4) is 0 Å². The predicted octanol–water partition coefficient (Wildman–Crippen LogP) is 4.17. The summed E-state index contributed by atoms with van der Waals surface area (Å²) in [6.07, 6.45) is 4.89. The monoisotopic (exact) mass is 382 g/mol. The van der Waals surface area contributed by atoms with Crippen LogP contribution in [0, 0.1) is 0 Å². The molecule has 2 aromatic heterocycles. The molecule has 0 saturated carbocycles. The average molecular weight is 383 g/mol. The number of para-hydroxylation sites is 1. The number of thioether (sulfide) groups is 1. The lowest BCUT2D eigenvalue weighted by atomic mass is 9.94. The van der Waals surface area contributed by atoms with E-state index in [2.05, 4.69) is 61.3 Å². The Hall–Kier alpha value is -2.21. The molecular formula is C21H26N4OS. The molecule has 0 unspecified atom stereocenters. The minimum atomic E-state index is -0.0985. The third-order valence-corrected chi connectivity index (χ3v) is 6.11. The first-order valence-corrected chi connectivity index (χ1v) is 10.8. The maximum atomic E-state index is 13.0. The van der Waals surface area contributed by atoms with E-state index in [1.165, 1.54) is 10.9 Å². The van der Waals surface area contributed by atoms with Crippen molar-refractivity contribution >= 4 is 28.6 Å². The van der Waals surface area contributed by atoms with Gasteiger partial charge in [-0.05, 0) is 37.7 Å². The SMILES string of the molecule is CCSCC(=O)N1CCc2c([nH]c3ccccc23)[C@@H]1c1cnn(C(C)C)c1. The second-order valence-electron chi connectivity index (χ2n) is 7.29. The molecule has 1 N–H and O–H groups in total. The molecule has 5 nitrogen and oxygen atoms in total. The van der Waals surface area contributed by atoms with Crippen LogP contribution in [0.4, 0.5) is 0 Å². The number of carbonyl (C=O) groups is 1. The fourth-order valence-electron chi connectivity index (χ4n) is 3.90. The normalized spacial score (nSPS) is 16.9. The van der Waals surface area contributed by atoms with Gasteiger partial charge >= 0.3 is 0 Å². The fraction of sp³-hybridized carbons (Fsp3) is 0.429. The van der Waals surface area contributed by atoms with E-state index in [-0.39, 0.29) is 11.9 Å². The quantitative estimate of drug-likeness (QED) is 0.720. The van der Waals surface area contributed by atoms with E-state index < -0.39 is 0 Å². The number of hydrogen-bond acceptors (Lipinski definition) is 3. The summed E-state index contributed by atoms with van der Waals surface area (Å²) in [5.74, 6) is 1.68. The maximum absolute atomic E-state index is 13.0. The molecule has 1 aromatic carbocycles. The molecule has 1 aliphatic heterocycles. The second-order valence-corrected chi connectivity index (χ2v) is 8.56. The van der Waals surface area contributed by atoms with Crippen LogP contribution in [0.1, 0.15) is 49.7 Å². The Morgan fingerprint density at radius 1 is 1.37 bits per heavy atom. The first kappa shape index (κ1) is 18.2. The predicted molar refractivity (Wildman–Crippen MR) is 111 cm³/mol. The molecule has 0 bridgehead atoms. The molecule has 0 saturated heterocycles. The number of aromatic nitrogens is 3. The van der Waals surface area contributed by atoms with Gasteiger partial charge in [-0.25, -0.2) is 0 Å². The smallest absolute Gasteiger partial charge is 0.233 e. The summed E-state index contributed by atoms with van der Waals surface area (Å²) in [6.45, 7) is 7.07. The molecule has 4 rings (SSSR count). The molecule has 3 aromatic rings. The van der Waals surface area contributed by atoms with Gasteiger partial charge in [0, 0.05) is 40.9 Å². The Kier molecular flexibility index (Phi) is 5.00. The summed E-state index contributed by atoms with van der Waals surface area (Å²) >= 11 is 1.68. The number of carbonyl (C=O) groups excluding carboxylic acids is 1. The zero-order chi connectivity index (χ0) is 19.0. The van der Waals surface area contributed by atoms with Gasteiger partial charge in [0.2, 0.25) is 5.91 Å². The minimum absolute atomic E-state index is 0.0985. The number of nitrogens with one attached hydrogen (secondary N) is 1. The summed E-state index contributed by atoms with van der Waals surface area (Å²) in [5, 5.41) is 5.80. The molecule has 0 fully saturated rings. The molecule has 3 heterocycles. The standard InChI is InChI=1S/C21H26N4OS/c1-4-27-13-19(26)24-10-9-17-16-7-5-6-8-18(16)23-20(17)21(24)15-11-22-25(12-15)14(2)3/h5-8,11-12,14,21,23H,4,9-10,13H2,1-3H3/t21-/m0/s1. The van der Waals surface area contributed by atoms with Gasteiger partial charge in [0.25, 0.3) is 0 Å². The van der Waals surface area contributed by atoms with Crippen LogP contribution in [0.5, 0.6) is 0 Å². The molecule has 0 radical (unpaired) electrons. The van der Waals surface area contributed by atoms with Crippen LogP contribution < -0.4 is 0 Å². The van der Waals surface area contributed by atoms with Gasteiger partial charge in [-0.15, -0.1) is 0 Å². The lowest BCUT2D eigenvalue weighted by Gasteiger charge is -2.35. The van der Waals surface area contributed by atoms with Gasteiger partial charge < -0.3 is 9.88 Å². The van der Waals surface area contributed by atoms with Crippen molar-refractivity contribution in [1.29, 1.82) is 0 Å². The van der Waals surface area contributed by atoms with E-state index in [1.54, 1.807) is 11.8 Å². The van der Waals surface area contributed by atoms with Gasteiger partial charge in [0.15, 0.2) is 0 Å². The molecule has 6 heteroatoms. The molecule has 142 valence electrons. The number of fused-ring (bicyclic) bond motifs is 3. The molecule has 0 spiro atoms. The Morgan fingerprint density at radius 2 is 2.19 bits per heavy atom. The summed E-state index contributed by atoms with van der Waals surface area (Å²) in [5.41, 5.74) is 4.69. The highest BCUT2D eigenvalue weighted by Gasteiger charge is 2.35. The largest absolute Gasteiger partial charge is 0.356 e. The molecule has 0 aliphatic carbocycles. The van der Waals surface area contributed by atoms with Crippen molar-refractivity contribution < 1.29 is 4.79 Å². The van der Waals surface area contributed by atoms with Crippen LogP contribution in [-0.4, -0.2) is 43.6 Å². The molecular weight excluding hydrogens is 356 g/mol. The highest BCUT2D eigenvalue weighted by molar-refractivity contribution is 7.99. The summed E-state index contributed by atoms with van der Waals surface area (Å²) in [7, 11) is 0. The van der Waals surface area contributed by atoms with E-state index in [1.807, 2.05) is 15.8 Å². The van der Waals surface area contributed by atoms with Crippen molar-refractivity contribution in [2.75, 3.05) is 18.1 Å². The van der Waals surface area contributed by atoms with Gasteiger partial charge in [-0.1, -0.05) is 25.1 Å². The van der Waals surface area contributed by atoms with Crippen molar-refractivity contribution in [3.05, 3.63) is 53.5 Å². The number of hydrogen-bond donors (Lipinski definition) is 1. The maximum Gasteiger partial charge on any atom is 0.233 e. The molecule has 1 aliphatic rings. The minimum Gasteiger partial charge on any atom is -0.356 e. The lowest BCUT2D eigenvalue weighted by Crippen LogP contribution is -2.41. The van der Waals surface area contributed by atoms with Crippen LogP contribution in [0.15, 0.2) is 36.7 Å². The number of aromatic amines is 1. The zero-order valence-electron chi connectivity index (χ0n) is 16.1. The van der Waals surface area contributed by atoms with Crippen LogP contribution in [0.2, 0.25) is 0 Å². The summed E-state index contributed by atoms with van der Waals surface area (Å²) in [6, 6.07) is 8.61. The van der Waals surface area contributed by atoms with E-state index in [9.17, 15) is 4.79 Å². The molecule has 1 atom stereocenters. The topological polar surface area (TPSA) is 53.9 Å². The Labute approximate surface area is 164 Å². The highest BCUT2D eigenvalue weighted by atomic mass is 32.2. The van der Waals surface area contributed by atoms with Crippen LogP contribution >= 0.6 is 11.8 Å². The Balaban J connectivity index is 1.80. The first-order chi connectivity index (χ1) is 13.1. The zero-order valence-corrected chi connectivity index (χ0v) is 16.9. The van der Waals surface area contributed by atoms with E-state index in [0.29, 0.717) is 11.8 Å². The summed E-state index contributed by atoms with van der Waals surface area (Å²) < 4.78 is 1.97. The van der Waals surface area contributed by atoms with Crippen LogP contribution in [-0.2, 0) is 11.2 Å². The molecule has 1 amide bonds. The van der Waals surface area contributed by atoms with Crippen molar-refractivity contribution in [2.45, 2.75) is 39.3 Å². The van der Waals surface area contributed by atoms with E-state index in [0.717, 1.165) is 35.5 Å². The Bertz CT molecular complexity index is 958. The van der Waals surface area contributed by atoms with Gasteiger partial charge in [-0.3, -0.25) is 9.48 Å². The average Bonchev–Trinajstić information content (AvgIpc) is 3.30. The number of nitrogens with zero attached hydrogens (tertiary/aromatic N) is 3. The summed E-state index contributed by atoms with van der Waals surface area (Å²) in [4.78, 5) is 18.6. The number of benzene rings is 1. The second kappa shape index (κ2) is 7.43. The molecule has 27 heavy (non-hydrogen) atoms. The van der Waals surface area contributed by atoms with Crippen LogP contribution in [0.25, 0.3) is 10.9 Å². The third-order valence-electron chi connectivity index (χ3n) is 5.25. The number of H-pyrrole nitrogens is 1. The fourth-order valence-corrected chi connectivity index (χ4v) is 4.45.